The van der Waals surface area contributed by atoms with E-state index in [0.717, 1.165) is 40.3 Å². The van der Waals surface area contributed by atoms with E-state index in [9.17, 15) is 9.18 Å². The molecule has 2 aromatic heterocycles. The molecule has 8 heteroatoms. The first kappa shape index (κ1) is 18.7. The van der Waals surface area contributed by atoms with Crippen molar-refractivity contribution in [1.82, 2.24) is 19.9 Å². The molecule has 2 heterocycles. The number of fused-ring (bicyclic) bond motifs is 1. The number of hydrogen-bond acceptors (Lipinski definition) is 5. The van der Waals surface area contributed by atoms with Crippen molar-refractivity contribution in [3.8, 4) is 5.69 Å². The van der Waals surface area contributed by atoms with E-state index in [4.69, 9.17) is 0 Å². The molecule has 0 unspecified atom stereocenters. The molecule has 1 aliphatic rings. The topological polar surface area (TPSA) is 71.8 Å². The van der Waals surface area contributed by atoms with Crippen molar-refractivity contribution >= 4 is 32.6 Å². The number of nitrogens with one attached hydrogen (secondary N) is 2. The second kappa shape index (κ2) is 7.87. The van der Waals surface area contributed by atoms with Crippen molar-refractivity contribution in [3.05, 3.63) is 72.6 Å². The number of benzene rings is 2. The molecule has 0 bridgehead atoms. The number of hydrogen-bond donors (Lipinski definition) is 2. The minimum atomic E-state index is -0.264. The monoisotopic (exact) mass is 421 g/mol. The first-order valence-corrected chi connectivity index (χ1v) is 10.7. The van der Waals surface area contributed by atoms with Gasteiger partial charge in [-0.1, -0.05) is 23.5 Å². The normalized spacial score (nSPS) is 18.6. The predicted molar refractivity (Wildman–Crippen MR) is 116 cm³/mol. The van der Waals surface area contributed by atoms with Gasteiger partial charge in [-0.25, -0.2) is 14.4 Å². The van der Waals surface area contributed by atoms with E-state index < -0.39 is 0 Å². The zero-order valence-electron chi connectivity index (χ0n) is 16.1. The number of aromatic nitrogens is 3. The number of carbonyl (C=O) groups is 1. The van der Waals surface area contributed by atoms with Gasteiger partial charge in [-0.15, -0.1) is 0 Å². The van der Waals surface area contributed by atoms with Gasteiger partial charge in [0.15, 0.2) is 5.13 Å². The van der Waals surface area contributed by atoms with Gasteiger partial charge in [-0.05, 0) is 49.6 Å². The van der Waals surface area contributed by atoms with Crippen LogP contribution in [-0.4, -0.2) is 32.5 Å². The van der Waals surface area contributed by atoms with Gasteiger partial charge in [0.2, 0.25) is 0 Å². The van der Waals surface area contributed by atoms with Gasteiger partial charge in [-0.3, -0.25) is 4.79 Å². The average Bonchev–Trinajstić information content (AvgIpc) is 3.49. The molecule has 1 amide bonds. The number of nitrogens with zero attached hydrogens (tertiary/aromatic N) is 3. The van der Waals surface area contributed by atoms with Crippen LogP contribution in [0.5, 0.6) is 0 Å². The minimum absolute atomic E-state index is 0.00269. The number of anilines is 1. The molecule has 2 atom stereocenters. The van der Waals surface area contributed by atoms with Gasteiger partial charge >= 0.3 is 0 Å². The molecule has 30 heavy (non-hydrogen) atoms. The maximum Gasteiger partial charge on any atom is 0.253 e. The lowest BCUT2D eigenvalue weighted by Crippen LogP contribution is -2.43. The molecule has 5 rings (SSSR count). The highest BCUT2D eigenvalue weighted by Crippen LogP contribution is 2.30. The molecule has 1 aliphatic carbocycles. The molecule has 0 spiro atoms. The summed E-state index contributed by atoms with van der Waals surface area (Å²) in [6.07, 6.45) is 8.05. The lowest BCUT2D eigenvalue weighted by Gasteiger charge is -2.22. The highest BCUT2D eigenvalue weighted by molar-refractivity contribution is 7.22. The minimum Gasteiger partial charge on any atom is -0.357 e. The first-order valence-electron chi connectivity index (χ1n) is 9.88. The summed E-state index contributed by atoms with van der Waals surface area (Å²) in [5, 5.41) is 7.40. The number of imidazole rings is 1. The fourth-order valence-corrected chi connectivity index (χ4v) is 4.92. The van der Waals surface area contributed by atoms with Gasteiger partial charge in [0.1, 0.15) is 5.82 Å². The zero-order valence-corrected chi connectivity index (χ0v) is 16.9. The van der Waals surface area contributed by atoms with Gasteiger partial charge in [0.05, 0.1) is 27.8 Å². The van der Waals surface area contributed by atoms with Crippen LogP contribution < -0.4 is 10.6 Å². The predicted octanol–water partition coefficient (Wildman–Crippen LogP) is 4.38. The Morgan fingerprint density at radius 1 is 1.17 bits per heavy atom. The average molecular weight is 422 g/mol. The van der Waals surface area contributed by atoms with Crippen LogP contribution in [0.25, 0.3) is 15.9 Å². The maximum atomic E-state index is 13.5. The second-order valence-electron chi connectivity index (χ2n) is 7.38. The van der Waals surface area contributed by atoms with Gasteiger partial charge < -0.3 is 15.2 Å². The van der Waals surface area contributed by atoms with Crippen LogP contribution in [0.1, 0.15) is 29.6 Å². The molecule has 0 aliphatic heterocycles. The van der Waals surface area contributed by atoms with Crippen LogP contribution in [0.15, 0.2) is 61.2 Å². The lowest BCUT2D eigenvalue weighted by atomic mass is 10.1. The van der Waals surface area contributed by atoms with Crippen molar-refractivity contribution in [2.24, 2.45) is 0 Å². The van der Waals surface area contributed by atoms with E-state index in [1.165, 1.54) is 23.5 Å². The van der Waals surface area contributed by atoms with Crippen LogP contribution in [0, 0.1) is 5.82 Å². The van der Waals surface area contributed by atoms with Crippen molar-refractivity contribution in [3.63, 3.8) is 0 Å². The molecule has 152 valence electrons. The van der Waals surface area contributed by atoms with Crippen molar-refractivity contribution in [2.45, 2.75) is 31.3 Å². The third-order valence-corrected chi connectivity index (χ3v) is 6.37. The molecule has 1 saturated carbocycles. The van der Waals surface area contributed by atoms with E-state index in [-0.39, 0.29) is 23.8 Å². The van der Waals surface area contributed by atoms with Crippen LogP contribution in [0.4, 0.5) is 9.52 Å². The molecule has 4 aromatic rings. The number of para-hydroxylation sites is 1. The maximum absolute atomic E-state index is 13.5. The zero-order chi connectivity index (χ0) is 20.5. The van der Waals surface area contributed by atoms with E-state index in [0.29, 0.717) is 5.56 Å². The molecule has 2 aromatic carbocycles. The largest absolute Gasteiger partial charge is 0.357 e. The standard InChI is InChI=1S/C22H20FN5OS/c23-14-8-9-18-20(12-14)30-22(27-18)26-17-6-3-5-16(17)25-21(29)15-4-1-2-7-19(15)28-11-10-24-13-28/h1-2,4,7-13,16-17H,3,5-6H2,(H,25,29)(H,26,27)/t16-,17-/m1/s1. The highest BCUT2D eigenvalue weighted by atomic mass is 32.1. The van der Waals surface area contributed by atoms with Crippen molar-refractivity contribution < 1.29 is 9.18 Å². The Morgan fingerprint density at radius 3 is 2.90 bits per heavy atom. The Bertz CT molecular complexity index is 1190. The molecule has 6 nitrogen and oxygen atoms in total. The van der Waals surface area contributed by atoms with E-state index in [1.807, 2.05) is 35.0 Å². The first-order chi connectivity index (χ1) is 14.7. The van der Waals surface area contributed by atoms with Gasteiger partial charge in [-0.2, -0.15) is 0 Å². The summed E-state index contributed by atoms with van der Waals surface area (Å²) in [4.78, 5) is 21.7. The Kier molecular flexibility index (Phi) is 4.92. The van der Waals surface area contributed by atoms with Crippen molar-refractivity contribution in [2.75, 3.05) is 5.32 Å². The number of amides is 1. The molecular weight excluding hydrogens is 401 g/mol. The summed E-state index contributed by atoms with van der Waals surface area (Å²) >= 11 is 1.43. The third kappa shape index (κ3) is 3.66. The fraction of sp³-hybridized carbons (Fsp3) is 0.227. The smallest absolute Gasteiger partial charge is 0.253 e. The summed E-state index contributed by atoms with van der Waals surface area (Å²) in [6.45, 7) is 0. The summed E-state index contributed by atoms with van der Waals surface area (Å²) < 4.78 is 16.1. The van der Waals surface area contributed by atoms with Gasteiger partial charge in [0.25, 0.3) is 5.91 Å². The third-order valence-electron chi connectivity index (χ3n) is 5.42. The van der Waals surface area contributed by atoms with Crippen LogP contribution in [-0.2, 0) is 0 Å². The fourth-order valence-electron chi connectivity index (χ4n) is 3.96. The van der Waals surface area contributed by atoms with E-state index in [2.05, 4.69) is 20.6 Å². The Balaban J connectivity index is 1.33. The highest BCUT2D eigenvalue weighted by Gasteiger charge is 2.30. The van der Waals surface area contributed by atoms with Gasteiger partial charge in [0, 0.05) is 24.5 Å². The summed E-state index contributed by atoms with van der Waals surface area (Å²) in [5.41, 5.74) is 2.18. The Hall–Kier alpha value is -3.26. The summed E-state index contributed by atoms with van der Waals surface area (Å²) in [5.74, 6) is -0.371. The lowest BCUT2D eigenvalue weighted by molar-refractivity contribution is 0.0936. The number of halogens is 1. The van der Waals surface area contributed by atoms with Crippen molar-refractivity contribution in [1.29, 1.82) is 0 Å². The molecule has 1 fully saturated rings. The molecule has 0 radical (unpaired) electrons. The summed E-state index contributed by atoms with van der Waals surface area (Å²) in [7, 11) is 0. The number of rotatable bonds is 5. The Morgan fingerprint density at radius 2 is 2.03 bits per heavy atom. The number of thiazole rings is 1. The molecular formula is C22H20FN5OS. The summed E-state index contributed by atoms with van der Waals surface area (Å²) in [6, 6.07) is 12.2. The van der Waals surface area contributed by atoms with E-state index in [1.54, 1.807) is 18.6 Å². The molecule has 0 saturated heterocycles. The SMILES string of the molecule is O=C(N[C@@H]1CCC[C@H]1Nc1nc2ccc(F)cc2s1)c1ccccc1-n1ccnc1. The Labute approximate surface area is 176 Å². The van der Waals surface area contributed by atoms with E-state index >= 15 is 0 Å². The van der Waals surface area contributed by atoms with Crippen LogP contribution in [0.3, 0.4) is 0 Å². The van der Waals surface area contributed by atoms with Crippen LogP contribution in [0.2, 0.25) is 0 Å². The van der Waals surface area contributed by atoms with Crippen LogP contribution >= 0.6 is 11.3 Å². The number of carbonyl (C=O) groups excluding carboxylic acids is 1. The second-order valence-corrected chi connectivity index (χ2v) is 8.41. The quantitative estimate of drug-likeness (QED) is 0.502. The molecule has 2 N–H and O–H groups in total.